The summed E-state index contributed by atoms with van der Waals surface area (Å²) in [6.45, 7) is 1.30. The van der Waals surface area contributed by atoms with Gasteiger partial charge in [0.25, 0.3) is 0 Å². The van der Waals surface area contributed by atoms with Crippen LogP contribution in [0, 0.1) is 11.8 Å². The first-order chi connectivity index (χ1) is 9.90. The minimum Gasteiger partial charge on any atom is -0.468 e. The molecule has 1 aromatic heterocycles. The summed E-state index contributed by atoms with van der Waals surface area (Å²) in [4.78, 5) is 15.0. The van der Waals surface area contributed by atoms with Crippen molar-refractivity contribution in [1.82, 2.24) is 9.71 Å². The van der Waals surface area contributed by atoms with Gasteiger partial charge in [0.2, 0.25) is 10.0 Å². The number of rotatable bonds is 5. The van der Waals surface area contributed by atoms with Gasteiger partial charge in [-0.05, 0) is 13.0 Å². The van der Waals surface area contributed by atoms with Crippen molar-refractivity contribution in [2.75, 3.05) is 13.7 Å². The van der Waals surface area contributed by atoms with Crippen LogP contribution in [0.25, 0.3) is 0 Å². The molecule has 0 radical (unpaired) electrons. The second-order valence-corrected chi connectivity index (χ2v) is 5.76. The Balaban J connectivity index is 2.97. The molecule has 0 bridgehead atoms. The lowest BCUT2D eigenvalue weighted by atomic mass is 10.3. The third-order valence-corrected chi connectivity index (χ3v) is 3.89. The molecule has 0 saturated heterocycles. The van der Waals surface area contributed by atoms with E-state index in [1.165, 1.54) is 26.3 Å². The Morgan fingerprint density at radius 1 is 1.52 bits per heavy atom. The van der Waals surface area contributed by atoms with E-state index in [9.17, 15) is 13.2 Å². The first-order valence-electron chi connectivity index (χ1n) is 6.05. The summed E-state index contributed by atoms with van der Waals surface area (Å²) in [6.07, 6.45) is 2.85. The van der Waals surface area contributed by atoms with E-state index < -0.39 is 22.0 Å². The van der Waals surface area contributed by atoms with Gasteiger partial charge in [0.15, 0.2) is 0 Å². The molecule has 0 aromatic carbocycles. The molecule has 0 amide bonds. The van der Waals surface area contributed by atoms with Gasteiger partial charge in [0.05, 0.1) is 13.7 Å². The number of nitrogens with zero attached hydrogens (tertiary/aromatic N) is 1. The van der Waals surface area contributed by atoms with Crippen molar-refractivity contribution in [1.29, 1.82) is 0 Å². The molecule has 0 aliphatic carbocycles. The lowest BCUT2D eigenvalue weighted by Gasteiger charge is -2.11. The van der Waals surface area contributed by atoms with Crippen molar-refractivity contribution < 1.29 is 23.1 Å². The van der Waals surface area contributed by atoms with Crippen LogP contribution in [0.15, 0.2) is 23.4 Å². The molecule has 8 heteroatoms. The average Bonchev–Trinajstić information content (AvgIpc) is 2.46. The number of carbonyl (C=O) groups is 1. The predicted octanol–water partition coefficient (Wildman–Crippen LogP) is -0.345. The van der Waals surface area contributed by atoms with E-state index in [-0.39, 0.29) is 17.9 Å². The molecule has 1 rings (SSSR count). The van der Waals surface area contributed by atoms with Crippen molar-refractivity contribution in [2.24, 2.45) is 0 Å². The number of aliphatic hydroxyl groups excluding tert-OH is 1. The molecule has 1 atom stereocenters. The van der Waals surface area contributed by atoms with Gasteiger partial charge < -0.3 is 9.84 Å². The van der Waals surface area contributed by atoms with Crippen LogP contribution in [0.5, 0.6) is 0 Å². The van der Waals surface area contributed by atoms with Crippen LogP contribution >= 0.6 is 0 Å². The minimum atomic E-state index is -3.90. The average molecular weight is 312 g/mol. The van der Waals surface area contributed by atoms with Crippen LogP contribution in [-0.2, 0) is 19.6 Å². The van der Waals surface area contributed by atoms with Gasteiger partial charge in [-0.25, -0.2) is 8.42 Å². The lowest BCUT2D eigenvalue weighted by Crippen LogP contribution is -2.39. The van der Waals surface area contributed by atoms with E-state index in [4.69, 9.17) is 5.11 Å². The molecular formula is C13H16N2O5S. The van der Waals surface area contributed by atoms with Gasteiger partial charge >= 0.3 is 5.97 Å². The predicted molar refractivity (Wildman–Crippen MR) is 74.6 cm³/mol. The second-order valence-electron chi connectivity index (χ2n) is 4.05. The van der Waals surface area contributed by atoms with Crippen LogP contribution in [0.4, 0.5) is 0 Å². The fraction of sp³-hybridized carbons (Fsp3) is 0.385. The molecule has 1 heterocycles. The number of sulfonamides is 1. The first-order valence-corrected chi connectivity index (χ1v) is 7.54. The summed E-state index contributed by atoms with van der Waals surface area (Å²) in [5.41, 5.74) is 0.400. The highest BCUT2D eigenvalue weighted by Crippen LogP contribution is 2.10. The summed E-state index contributed by atoms with van der Waals surface area (Å²) in [5.74, 6) is 4.67. The molecule has 0 aliphatic rings. The maximum Gasteiger partial charge on any atom is 0.323 e. The Labute approximate surface area is 123 Å². The molecular weight excluding hydrogens is 296 g/mol. The number of hydrogen-bond donors (Lipinski definition) is 2. The van der Waals surface area contributed by atoms with Crippen molar-refractivity contribution in [3.8, 4) is 11.8 Å². The highest BCUT2D eigenvalue weighted by molar-refractivity contribution is 7.89. The number of methoxy groups -OCH3 is 1. The topological polar surface area (TPSA) is 106 Å². The zero-order valence-corrected chi connectivity index (χ0v) is 12.5. The van der Waals surface area contributed by atoms with E-state index >= 15 is 0 Å². The number of aliphatic hydroxyl groups is 1. The third-order valence-electron chi connectivity index (χ3n) is 2.38. The number of hydrogen-bond acceptors (Lipinski definition) is 6. The maximum absolute atomic E-state index is 12.1. The summed E-state index contributed by atoms with van der Waals surface area (Å²) < 4.78 is 30.8. The van der Waals surface area contributed by atoms with E-state index in [2.05, 4.69) is 26.3 Å². The van der Waals surface area contributed by atoms with E-state index in [0.717, 1.165) is 6.20 Å². The van der Waals surface area contributed by atoms with Crippen molar-refractivity contribution >= 4 is 16.0 Å². The first kappa shape index (κ1) is 17.1. The largest absolute Gasteiger partial charge is 0.468 e. The number of ether oxygens (including phenoxy) is 1. The molecule has 114 valence electrons. The fourth-order valence-corrected chi connectivity index (χ4v) is 2.56. The molecule has 1 aromatic rings. The third kappa shape index (κ3) is 5.15. The quantitative estimate of drug-likeness (QED) is 0.569. The Morgan fingerprint density at radius 3 is 2.86 bits per heavy atom. The highest BCUT2D eigenvalue weighted by atomic mass is 32.2. The summed E-state index contributed by atoms with van der Waals surface area (Å²) in [6, 6.07) is 0.327. The molecule has 1 unspecified atom stereocenters. The molecule has 0 saturated carbocycles. The normalized spacial score (nSPS) is 12.1. The molecule has 0 fully saturated rings. The van der Waals surface area contributed by atoms with E-state index in [0.29, 0.717) is 5.56 Å². The molecule has 2 N–H and O–H groups in total. The maximum atomic E-state index is 12.1. The SMILES string of the molecule is COC(=O)C(C)NS(=O)(=O)c1cncc(C#CCCO)c1. The Bertz CT molecular complexity index is 661. The molecule has 0 aliphatic heterocycles. The van der Waals surface area contributed by atoms with E-state index in [1.54, 1.807) is 0 Å². The van der Waals surface area contributed by atoms with Crippen LogP contribution in [-0.4, -0.2) is 44.2 Å². The minimum absolute atomic E-state index is 0.0728. The zero-order valence-electron chi connectivity index (χ0n) is 11.7. The number of carbonyl (C=O) groups excluding carboxylic acids is 1. The molecule has 21 heavy (non-hydrogen) atoms. The summed E-state index contributed by atoms with van der Waals surface area (Å²) >= 11 is 0. The smallest absolute Gasteiger partial charge is 0.323 e. The van der Waals surface area contributed by atoms with Gasteiger partial charge in [0.1, 0.15) is 10.9 Å². The van der Waals surface area contributed by atoms with Crippen LogP contribution in [0.1, 0.15) is 18.9 Å². The van der Waals surface area contributed by atoms with Crippen LogP contribution in [0.2, 0.25) is 0 Å². The standard InChI is InChI=1S/C13H16N2O5S/c1-10(13(17)20-2)15-21(18,19)12-7-11(8-14-9-12)5-3-4-6-16/h7-10,15-16H,4,6H2,1-2H3. The van der Waals surface area contributed by atoms with Crippen molar-refractivity contribution in [3.05, 3.63) is 24.0 Å². The van der Waals surface area contributed by atoms with Gasteiger partial charge in [-0.15, -0.1) is 0 Å². The highest BCUT2D eigenvalue weighted by Gasteiger charge is 2.22. The lowest BCUT2D eigenvalue weighted by molar-refractivity contribution is -0.142. The van der Waals surface area contributed by atoms with Crippen molar-refractivity contribution in [3.63, 3.8) is 0 Å². The summed E-state index contributed by atoms with van der Waals surface area (Å²) in [5, 5.41) is 8.63. The second kappa shape index (κ2) is 7.73. The van der Waals surface area contributed by atoms with Gasteiger partial charge in [-0.2, -0.15) is 4.72 Å². The Morgan fingerprint density at radius 2 is 2.24 bits per heavy atom. The van der Waals surface area contributed by atoms with Crippen LogP contribution in [0.3, 0.4) is 0 Å². The van der Waals surface area contributed by atoms with Crippen molar-refractivity contribution in [2.45, 2.75) is 24.3 Å². The Hall–Kier alpha value is -1.95. The number of esters is 1. The Kier molecular flexibility index (Phi) is 6.30. The van der Waals surface area contributed by atoms with Gasteiger partial charge in [-0.3, -0.25) is 9.78 Å². The molecule has 0 spiro atoms. The summed E-state index contributed by atoms with van der Waals surface area (Å²) in [7, 11) is -2.73. The number of nitrogens with one attached hydrogen (secondary N) is 1. The van der Waals surface area contributed by atoms with Gasteiger partial charge in [0, 0.05) is 24.4 Å². The molecule has 7 nitrogen and oxygen atoms in total. The number of aromatic nitrogens is 1. The van der Waals surface area contributed by atoms with Gasteiger partial charge in [-0.1, -0.05) is 11.8 Å². The number of pyridine rings is 1. The van der Waals surface area contributed by atoms with E-state index in [1.807, 2.05) is 0 Å². The monoisotopic (exact) mass is 312 g/mol. The fourth-order valence-electron chi connectivity index (χ4n) is 1.38. The van der Waals surface area contributed by atoms with Crippen LogP contribution < -0.4 is 4.72 Å². The zero-order chi connectivity index (χ0) is 15.9.